The molecule has 3 heterocycles. The Balaban J connectivity index is 1.25. The molecule has 208 valence electrons. The maximum absolute atomic E-state index is 13.5. The van der Waals surface area contributed by atoms with Crippen molar-refractivity contribution in [1.82, 2.24) is 25.0 Å². The molecule has 2 fully saturated rings. The van der Waals surface area contributed by atoms with Crippen molar-refractivity contribution in [2.75, 3.05) is 18.4 Å². The zero-order chi connectivity index (χ0) is 27.7. The maximum Gasteiger partial charge on any atom is 0.433 e. The molecule has 1 aliphatic heterocycles. The fourth-order valence-corrected chi connectivity index (χ4v) is 5.57. The number of nitrogens with zero attached hydrogens (tertiary/aromatic N) is 4. The van der Waals surface area contributed by atoms with Crippen LogP contribution in [0.3, 0.4) is 0 Å². The van der Waals surface area contributed by atoms with Crippen molar-refractivity contribution in [3.8, 4) is 0 Å². The molecule has 39 heavy (non-hydrogen) atoms. The van der Waals surface area contributed by atoms with Gasteiger partial charge in [-0.05, 0) is 62.8 Å². The van der Waals surface area contributed by atoms with Gasteiger partial charge in [-0.25, -0.2) is 9.78 Å². The Hall–Kier alpha value is -3.54. The number of carbonyl (C=O) groups is 2. The number of carbonyl (C=O) groups excluding carboxylic acids is 1. The average molecular weight is 565 g/mol. The van der Waals surface area contributed by atoms with Gasteiger partial charge in [0, 0.05) is 47.5 Å². The normalized spacial score (nSPS) is 22.1. The predicted molar refractivity (Wildman–Crippen MR) is 139 cm³/mol. The third-order valence-corrected chi connectivity index (χ3v) is 7.57. The highest BCUT2D eigenvalue weighted by atomic mass is 35.5. The lowest BCUT2D eigenvalue weighted by Gasteiger charge is -2.31. The molecule has 2 aromatic heterocycles. The van der Waals surface area contributed by atoms with Crippen LogP contribution in [0, 0.1) is 0 Å². The predicted octanol–water partition coefficient (Wildman–Crippen LogP) is 5.57. The fourth-order valence-electron chi connectivity index (χ4n) is 5.40. The number of halogens is 4. The molecule has 1 saturated carbocycles. The molecule has 9 nitrogen and oxygen atoms in total. The van der Waals surface area contributed by atoms with Gasteiger partial charge in [0.05, 0.1) is 23.3 Å². The van der Waals surface area contributed by atoms with Crippen LogP contribution in [0.2, 0.25) is 5.02 Å². The molecule has 0 spiro atoms. The van der Waals surface area contributed by atoms with Gasteiger partial charge in [-0.1, -0.05) is 11.6 Å². The number of anilines is 1. The first-order valence-corrected chi connectivity index (χ1v) is 13.2. The van der Waals surface area contributed by atoms with Crippen LogP contribution in [0.5, 0.6) is 0 Å². The van der Waals surface area contributed by atoms with Crippen LogP contribution in [-0.2, 0) is 6.18 Å². The fraction of sp³-hybridized carbons (Fsp3) is 0.462. The molecule has 0 unspecified atom stereocenters. The third kappa shape index (κ3) is 6.21. The molecule has 5 rings (SSSR count). The highest BCUT2D eigenvalue weighted by Crippen LogP contribution is 2.35. The van der Waals surface area contributed by atoms with E-state index >= 15 is 0 Å². The zero-order valence-electron chi connectivity index (χ0n) is 20.9. The maximum atomic E-state index is 13.5. The first-order valence-electron chi connectivity index (χ1n) is 12.8. The smallest absolute Gasteiger partial charge is 0.433 e. The number of rotatable bonds is 5. The number of fused-ring (bicyclic) bond motifs is 1. The van der Waals surface area contributed by atoms with Crippen molar-refractivity contribution in [3.63, 3.8) is 0 Å². The molecule has 1 aromatic carbocycles. The van der Waals surface area contributed by atoms with E-state index in [1.807, 2.05) is 0 Å². The van der Waals surface area contributed by atoms with Crippen molar-refractivity contribution >= 4 is 40.2 Å². The Labute approximate surface area is 227 Å². The monoisotopic (exact) mass is 564 g/mol. The second-order valence-electron chi connectivity index (χ2n) is 10.1. The van der Waals surface area contributed by atoms with Crippen LogP contribution < -0.4 is 10.6 Å². The van der Waals surface area contributed by atoms with E-state index in [-0.39, 0.29) is 29.5 Å². The number of pyridine rings is 1. The molecule has 3 atom stereocenters. The Kier molecular flexibility index (Phi) is 7.57. The third-order valence-electron chi connectivity index (χ3n) is 7.34. The summed E-state index contributed by atoms with van der Waals surface area (Å²) in [5.74, 6) is -0.293. The van der Waals surface area contributed by atoms with Crippen molar-refractivity contribution in [2.24, 2.45) is 0 Å². The highest BCUT2D eigenvalue weighted by molar-refractivity contribution is 6.31. The molecule has 13 heteroatoms. The molecule has 1 aliphatic carbocycles. The minimum Gasteiger partial charge on any atom is -0.465 e. The SMILES string of the molecule is O=C(N[C@@H]1CCC[C@H](Nc2cc(C(F)(F)F)nc3ccc(Cl)cc23)C1)c1cnn([C@H]2CCCN(C(=O)O)C2)c1. The summed E-state index contributed by atoms with van der Waals surface area (Å²) in [5.41, 5.74) is -0.112. The molecule has 0 radical (unpaired) electrons. The number of amides is 2. The highest BCUT2D eigenvalue weighted by Gasteiger charge is 2.34. The van der Waals surface area contributed by atoms with Crippen molar-refractivity contribution < 1.29 is 27.9 Å². The number of carboxylic acid groups (broad SMARTS) is 1. The van der Waals surface area contributed by atoms with Crippen LogP contribution in [0.1, 0.15) is 60.6 Å². The molecule has 3 N–H and O–H groups in total. The van der Waals surface area contributed by atoms with Gasteiger partial charge in [0.25, 0.3) is 5.91 Å². The number of piperidine rings is 1. The average Bonchev–Trinajstić information content (AvgIpc) is 3.39. The minimum atomic E-state index is -4.60. The van der Waals surface area contributed by atoms with Crippen LogP contribution >= 0.6 is 11.6 Å². The molecule has 1 saturated heterocycles. The minimum absolute atomic E-state index is 0.134. The van der Waals surface area contributed by atoms with E-state index < -0.39 is 18.0 Å². The number of benzene rings is 1. The van der Waals surface area contributed by atoms with Crippen LogP contribution in [0.25, 0.3) is 10.9 Å². The molecule has 2 aliphatic rings. The van der Waals surface area contributed by atoms with Crippen LogP contribution in [0.4, 0.5) is 23.7 Å². The lowest BCUT2D eigenvalue weighted by molar-refractivity contribution is -0.140. The summed E-state index contributed by atoms with van der Waals surface area (Å²) < 4.78 is 42.1. The van der Waals surface area contributed by atoms with Crippen molar-refractivity contribution in [2.45, 2.75) is 62.8 Å². The van der Waals surface area contributed by atoms with E-state index in [1.54, 1.807) is 16.9 Å². The Morgan fingerprint density at radius 1 is 1.10 bits per heavy atom. The number of hydrogen-bond acceptors (Lipinski definition) is 5. The lowest BCUT2D eigenvalue weighted by atomic mass is 9.90. The summed E-state index contributed by atoms with van der Waals surface area (Å²) in [6.07, 6.45) is 1.82. The van der Waals surface area contributed by atoms with E-state index in [9.17, 15) is 27.9 Å². The number of aromatic nitrogens is 3. The Morgan fingerprint density at radius 3 is 2.67 bits per heavy atom. The van der Waals surface area contributed by atoms with Crippen LogP contribution in [-0.4, -0.2) is 61.9 Å². The summed E-state index contributed by atoms with van der Waals surface area (Å²) in [4.78, 5) is 29.4. The standard InChI is InChI=1S/C26H28ClF3N6O3/c27-16-6-7-21-20(9-16)22(11-23(34-21)26(28,29)30)32-17-3-1-4-18(10-17)33-24(37)15-12-31-36(13-15)19-5-2-8-35(14-19)25(38)39/h6-7,9,11-13,17-19H,1-5,8,10,14H2,(H,32,34)(H,33,37)(H,38,39)/t17-,18+,19-/m0/s1. The first-order chi connectivity index (χ1) is 18.6. The second kappa shape index (κ2) is 10.9. The van der Waals surface area contributed by atoms with E-state index in [0.29, 0.717) is 41.2 Å². The van der Waals surface area contributed by atoms with Gasteiger partial charge >= 0.3 is 12.3 Å². The molecule has 2 amide bonds. The van der Waals surface area contributed by atoms with Gasteiger partial charge in [0.1, 0.15) is 5.69 Å². The summed E-state index contributed by atoms with van der Waals surface area (Å²) in [5, 5.41) is 20.7. The number of likely N-dealkylation sites (tertiary alicyclic amines) is 1. The lowest BCUT2D eigenvalue weighted by Crippen LogP contribution is -2.42. The van der Waals surface area contributed by atoms with E-state index in [1.165, 1.54) is 23.2 Å². The van der Waals surface area contributed by atoms with Gasteiger partial charge in [-0.15, -0.1) is 0 Å². The van der Waals surface area contributed by atoms with Gasteiger partial charge in [-0.2, -0.15) is 18.3 Å². The first kappa shape index (κ1) is 27.0. The van der Waals surface area contributed by atoms with E-state index in [0.717, 1.165) is 38.2 Å². The molecular weight excluding hydrogens is 537 g/mol. The quantitative estimate of drug-likeness (QED) is 0.373. The van der Waals surface area contributed by atoms with E-state index in [2.05, 4.69) is 20.7 Å². The zero-order valence-corrected chi connectivity index (χ0v) is 21.7. The Bertz CT molecular complexity index is 1380. The topological polar surface area (TPSA) is 112 Å². The number of alkyl halides is 3. The van der Waals surface area contributed by atoms with Gasteiger partial charge < -0.3 is 20.6 Å². The van der Waals surface area contributed by atoms with Crippen molar-refractivity contribution in [3.05, 3.63) is 52.9 Å². The molecule has 0 bridgehead atoms. The number of nitrogens with one attached hydrogen (secondary N) is 2. The second-order valence-corrected chi connectivity index (χ2v) is 10.6. The summed E-state index contributed by atoms with van der Waals surface area (Å²) in [7, 11) is 0. The Morgan fingerprint density at radius 2 is 1.90 bits per heavy atom. The number of hydrogen-bond donors (Lipinski definition) is 3. The summed E-state index contributed by atoms with van der Waals surface area (Å²) in [6.45, 7) is 0.802. The van der Waals surface area contributed by atoms with Gasteiger partial charge in [-0.3, -0.25) is 9.48 Å². The summed E-state index contributed by atoms with van der Waals surface area (Å²) >= 11 is 6.11. The van der Waals surface area contributed by atoms with Gasteiger partial charge in [0.15, 0.2) is 0 Å². The largest absolute Gasteiger partial charge is 0.465 e. The van der Waals surface area contributed by atoms with Crippen molar-refractivity contribution in [1.29, 1.82) is 0 Å². The van der Waals surface area contributed by atoms with Crippen LogP contribution in [0.15, 0.2) is 36.7 Å². The summed E-state index contributed by atoms with van der Waals surface area (Å²) in [6, 6.07) is 5.09. The van der Waals surface area contributed by atoms with E-state index in [4.69, 9.17) is 11.6 Å². The van der Waals surface area contributed by atoms with Gasteiger partial charge in [0.2, 0.25) is 0 Å². The molecular formula is C26H28ClF3N6O3. The molecule has 3 aromatic rings.